The Bertz CT molecular complexity index is 517. The Balaban J connectivity index is 1.90. The van der Waals surface area contributed by atoms with E-state index in [1.807, 2.05) is 24.3 Å². The molecule has 0 radical (unpaired) electrons. The van der Waals surface area contributed by atoms with Crippen LogP contribution in [0.2, 0.25) is 0 Å². The van der Waals surface area contributed by atoms with Crippen molar-refractivity contribution in [2.45, 2.75) is 0 Å². The topological polar surface area (TPSA) is 86.9 Å². The lowest BCUT2D eigenvalue weighted by Crippen LogP contribution is -2.48. The number of hydrogen-bond donors (Lipinski definition) is 2. The van der Waals surface area contributed by atoms with Crippen molar-refractivity contribution in [1.29, 1.82) is 0 Å². The Hall–Kier alpha value is -2.50. The van der Waals surface area contributed by atoms with Gasteiger partial charge in [-0.25, -0.2) is 4.79 Å². The van der Waals surface area contributed by atoms with Crippen molar-refractivity contribution in [1.82, 2.24) is 4.90 Å². The maximum atomic E-state index is 11.7. The number of carbonyl (C=O) groups is 2. The van der Waals surface area contributed by atoms with E-state index < -0.39 is 5.97 Å². The van der Waals surface area contributed by atoms with E-state index in [-0.39, 0.29) is 5.91 Å². The van der Waals surface area contributed by atoms with Gasteiger partial charge in [0.25, 0.3) is 0 Å². The molecule has 0 saturated carbocycles. The summed E-state index contributed by atoms with van der Waals surface area (Å²) in [6.45, 7) is 2.59. The second-order valence-electron chi connectivity index (χ2n) is 4.58. The number of carbonyl (C=O) groups excluding carboxylic acids is 1. The van der Waals surface area contributed by atoms with Crippen LogP contribution >= 0.6 is 0 Å². The van der Waals surface area contributed by atoms with Gasteiger partial charge in [0.15, 0.2) is 0 Å². The lowest BCUT2D eigenvalue weighted by atomic mass is 10.2. The zero-order valence-corrected chi connectivity index (χ0v) is 11.0. The molecule has 6 heteroatoms. The highest BCUT2D eigenvalue weighted by atomic mass is 16.4. The molecule has 6 nitrogen and oxygen atoms in total. The minimum atomic E-state index is -1.11. The zero-order chi connectivity index (χ0) is 14.5. The summed E-state index contributed by atoms with van der Waals surface area (Å²) in [7, 11) is 0. The third kappa shape index (κ3) is 3.50. The van der Waals surface area contributed by atoms with Crippen molar-refractivity contribution in [3.63, 3.8) is 0 Å². The summed E-state index contributed by atoms with van der Waals surface area (Å²) in [4.78, 5) is 25.9. The van der Waals surface area contributed by atoms with Gasteiger partial charge in [0.1, 0.15) is 0 Å². The SMILES string of the molecule is Nc1ccc(N2CCN(C(=O)/C=C/C(=O)O)CC2)cc1. The smallest absolute Gasteiger partial charge is 0.328 e. The van der Waals surface area contributed by atoms with Crippen LogP contribution in [0.5, 0.6) is 0 Å². The van der Waals surface area contributed by atoms with Crippen LogP contribution in [-0.2, 0) is 9.59 Å². The molecule has 1 aromatic rings. The van der Waals surface area contributed by atoms with Crippen LogP contribution in [0.3, 0.4) is 0 Å². The number of amides is 1. The number of hydrogen-bond acceptors (Lipinski definition) is 4. The van der Waals surface area contributed by atoms with Crippen molar-refractivity contribution < 1.29 is 14.7 Å². The number of benzene rings is 1. The number of nitrogens with zero attached hydrogens (tertiary/aromatic N) is 2. The van der Waals surface area contributed by atoms with Gasteiger partial charge in [-0.05, 0) is 24.3 Å². The molecule has 3 N–H and O–H groups in total. The molecule has 1 saturated heterocycles. The van der Waals surface area contributed by atoms with Crippen LogP contribution in [0.4, 0.5) is 11.4 Å². The molecular formula is C14H17N3O3. The molecular weight excluding hydrogens is 258 g/mol. The average Bonchev–Trinajstić information content (AvgIpc) is 2.46. The predicted molar refractivity (Wildman–Crippen MR) is 76.4 cm³/mol. The number of nitrogens with two attached hydrogens (primary N) is 1. The van der Waals surface area contributed by atoms with Gasteiger partial charge in [-0.15, -0.1) is 0 Å². The standard InChI is InChI=1S/C14H17N3O3/c15-11-1-3-12(4-2-11)16-7-9-17(10-8-16)13(18)5-6-14(19)20/h1-6H,7-10,15H2,(H,19,20)/b6-5+. The van der Waals surface area contributed by atoms with E-state index in [1.54, 1.807) is 4.90 Å². The van der Waals surface area contributed by atoms with Crippen molar-refractivity contribution in [3.8, 4) is 0 Å². The van der Waals surface area contributed by atoms with Crippen LogP contribution in [0.15, 0.2) is 36.4 Å². The summed E-state index contributed by atoms with van der Waals surface area (Å²) in [5.74, 6) is -1.37. The van der Waals surface area contributed by atoms with E-state index in [9.17, 15) is 9.59 Å². The van der Waals surface area contributed by atoms with Gasteiger partial charge in [0.2, 0.25) is 5.91 Å². The second kappa shape index (κ2) is 6.10. The third-order valence-corrected chi connectivity index (χ3v) is 3.22. The molecule has 20 heavy (non-hydrogen) atoms. The normalized spacial score (nSPS) is 15.6. The number of rotatable bonds is 3. The minimum absolute atomic E-state index is 0.260. The minimum Gasteiger partial charge on any atom is -0.478 e. The number of nitrogen functional groups attached to an aromatic ring is 1. The number of carboxylic acid groups (broad SMARTS) is 1. The first kappa shape index (κ1) is 13.9. The van der Waals surface area contributed by atoms with Crippen LogP contribution in [0.25, 0.3) is 0 Å². The molecule has 1 fully saturated rings. The molecule has 1 aliphatic heterocycles. The largest absolute Gasteiger partial charge is 0.478 e. The summed E-state index contributed by atoms with van der Waals surface area (Å²) < 4.78 is 0. The van der Waals surface area contributed by atoms with Gasteiger partial charge < -0.3 is 20.6 Å². The van der Waals surface area contributed by atoms with Crippen molar-refractivity contribution in [3.05, 3.63) is 36.4 Å². The van der Waals surface area contributed by atoms with Gasteiger partial charge in [-0.2, -0.15) is 0 Å². The van der Waals surface area contributed by atoms with Crippen molar-refractivity contribution in [2.24, 2.45) is 0 Å². The summed E-state index contributed by atoms with van der Waals surface area (Å²) in [6.07, 6.45) is 1.97. The third-order valence-electron chi connectivity index (χ3n) is 3.22. The van der Waals surface area contributed by atoms with Gasteiger partial charge in [0, 0.05) is 49.7 Å². The Morgan fingerprint density at radius 3 is 2.20 bits per heavy atom. The fourth-order valence-corrected chi connectivity index (χ4v) is 2.12. The van der Waals surface area contributed by atoms with Crippen molar-refractivity contribution in [2.75, 3.05) is 36.8 Å². The van der Waals surface area contributed by atoms with E-state index in [2.05, 4.69) is 4.90 Å². The Morgan fingerprint density at radius 2 is 1.65 bits per heavy atom. The second-order valence-corrected chi connectivity index (χ2v) is 4.58. The van der Waals surface area contributed by atoms with E-state index in [4.69, 9.17) is 10.8 Å². The van der Waals surface area contributed by atoms with Crippen LogP contribution < -0.4 is 10.6 Å². The Morgan fingerprint density at radius 1 is 1.05 bits per heavy atom. The molecule has 0 aliphatic carbocycles. The predicted octanol–water partition coefficient (Wildman–Crippen LogP) is 0.558. The quantitative estimate of drug-likeness (QED) is 0.621. The number of piperazine rings is 1. The molecule has 0 bridgehead atoms. The first-order valence-electron chi connectivity index (χ1n) is 6.36. The highest BCUT2D eigenvalue weighted by Gasteiger charge is 2.19. The van der Waals surface area contributed by atoms with Crippen LogP contribution in [0.1, 0.15) is 0 Å². The molecule has 1 aliphatic rings. The fourth-order valence-electron chi connectivity index (χ4n) is 2.12. The number of carboxylic acids is 1. The maximum Gasteiger partial charge on any atom is 0.328 e. The van der Waals surface area contributed by atoms with E-state index in [1.165, 1.54) is 0 Å². The van der Waals surface area contributed by atoms with Crippen molar-refractivity contribution >= 4 is 23.3 Å². The van der Waals surface area contributed by atoms with Crippen LogP contribution in [0, 0.1) is 0 Å². The summed E-state index contributed by atoms with van der Waals surface area (Å²) in [5, 5.41) is 8.50. The maximum absolute atomic E-state index is 11.7. The zero-order valence-electron chi connectivity index (χ0n) is 11.0. The monoisotopic (exact) mass is 275 g/mol. The lowest BCUT2D eigenvalue weighted by molar-refractivity contribution is -0.132. The van der Waals surface area contributed by atoms with Crippen LogP contribution in [-0.4, -0.2) is 48.1 Å². The highest BCUT2D eigenvalue weighted by molar-refractivity contribution is 5.94. The average molecular weight is 275 g/mol. The molecule has 2 rings (SSSR count). The fraction of sp³-hybridized carbons (Fsp3) is 0.286. The van der Waals surface area contributed by atoms with E-state index >= 15 is 0 Å². The molecule has 0 spiro atoms. The van der Waals surface area contributed by atoms with Gasteiger partial charge >= 0.3 is 5.97 Å². The van der Waals surface area contributed by atoms with E-state index in [0.29, 0.717) is 13.1 Å². The molecule has 106 valence electrons. The van der Waals surface area contributed by atoms with E-state index in [0.717, 1.165) is 36.6 Å². The van der Waals surface area contributed by atoms with Gasteiger partial charge in [-0.3, -0.25) is 4.79 Å². The van der Waals surface area contributed by atoms with Gasteiger partial charge in [-0.1, -0.05) is 0 Å². The Kier molecular flexibility index (Phi) is 4.24. The Labute approximate surface area is 117 Å². The molecule has 1 heterocycles. The number of anilines is 2. The molecule has 1 amide bonds. The molecule has 0 unspecified atom stereocenters. The summed E-state index contributed by atoms with van der Waals surface area (Å²) >= 11 is 0. The number of aliphatic carboxylic acids is 1. The molecule has 1 aromatic carbocycles. The lowest BCUT2D eigenvalue weighted by Gasteiger charge is -2.35. The summed E-state index contributed by atoms with van der Waals surface area (Å²) in [6, 6.07) is 7.61. The first-order chi connectivity index (χ1) is 9.56. The molecule has 0 atom stereocenters. The first-order valence-corrected chi connectivity index (χ1v) is 6.36. The van der Waals surface area contributed by atoms with Gasteiger partial charge in [0.05, 0.1) is 0 Å². The summed E-state index contributed by atoms with van der Waals surface area (Å²) in [5.41, 5.74) is 7.45. The highest BCUT2D eigenvalue weighted by Crippen LogP contribution is 2.18. The molecule has 0 aromatic heterocycles.